The van der Waals surface area contributed by atoms with Gasteiger partial charge < -0.3 is 20.1 Å². The van der Waals surface area contributed by atoms with Crippen molar-refractivity contribution in [3.05, 3.63) is 59.4 Å². The van der Waals surface area contributed by atoms with Crippen molar-refractivity contribution in [2.24, 2.45) is 4.99 Å². The molecule has 0 fully saturated rings. The number of benzene rings is 2. The fourth-order valence-electron chi connectivity index (χ4n) is 2.77. The van der Waals surface area contributed by atoms with Gasteiger partial charge >= 0.3 is 0 Å². The summed E-state index contributed by atoms with van der Waals surface area (Å²) in [6.45, 7) is 1.49. The van der Waals surface area contributed by atoms with Gasteiger partial charge in [-0.05, 0) is 54.7 Å². The van der Waals surface area contributed by atoms with Crippen LogP contribution in [0.4, 0.5) is 4.39 Å². The van der Waals surface area contributed by atoms with Crippen molar-refractivity contribution in [3.63, 3.8) is 0 Å². The molecule has 0 aliphatic carbocycles. The van der Waals surface area contributed by atoms with E-state index in [2.05, 4.69) is 15.6 Å². The molecule has 0 atom stereocenters. The van der Waals surface area contributed by atoms with E-state index in [-0.39, 0.29) is 5.82 Å². The van der Waals surface area contributed by atoms with Crippen LogP contribution >= 0.6 is 0 Å². The number of aryl methyl sites for hydroxylation is 1. The number of rotatable bonds is 9. The van der Waals surface area contributed by atoms with Gasteiger partial charge in [0, 0.05) is 20.1 Å². The Hall–Kier alpha value is -2.76. The monoisotopic (exact) mass is 373 g/mol. The molecule has 0 spiro atoms. The summed E-state index contributed by atoms with van der Waals surface area (Å²) in [5.41, 5.74) is 2.16. The molecule has 0 radical (unpaired) electrons. The first-order valence-corrected chi connectivity index (χ1v) is 9.06. The molecule has 0 bridgehead atoms. The SMILES string of the molecule is CN=C(NCCCc1ccc(OC)c(OC)c1)NCCc1cccc(F)c1. The maximum Gasteiger partial charge on any atom is 0.190 e. The van der Waals surface area contributed by atoms with E-state index in [9.17, 15) is 4.39 Å². The summed E-state index contributed by atoms with van der Waals surface area (Å²) in [7, 11) is 5.02. The molecule has 0 heterocycles. The van der Waals surface area contributed by atoms with E-state index in [0.717, 1.165) is 48.8 Å². The summed E-state index contributed by atoms with van der Waals surface area (Å²) in [5, 5.41) is 6.55. The molecule has 2 aromatic carbocycles. The van der Waals surface area contributed by atoms with Crippen molar-refractivity contribution < 1.29 is 13.9 Å². The van der Waals surface area contributed by atoms with Gasteiger partial charge in [0.05, 0.1) is 14.2 Å². The Morgan fingerprint density at radius 2 is 1.67 bits per heavy atom. The fraction of sp³-hybridized carbons (Fsp3) is 0.381. The molecule has 2 N–H and O–H groups in total. The predicted octanol–water partition coefficient (Wildman–Crippen LogP) is 3.18. The summed E-state index contributed by atoms with van der Waals surface area (Å²) in [6.07, 6.45) is 2.62. The number of aliphatic imine (C=N–C) groups is 1. The Balaban J connectivity index is 1.70. The largest absolute Gasteiger partial charge is 0.493 e. The smallest absolute Gasteiger partial charge is 0.190 e. The van der Waals surface area contributed by atoms with Crippen LogP contribution in [0.25, 0.3) is 0 Å². The molecular formula is C21H28FN3O2. The van der Waals surface area contributed by atoms with Gasteiger partial charge in [-0.25, -0.2) is 4.39 Å². The molecule has 0 aliphatic rings. The third-order valence-corrected chi connectivity index (χ3v) is 4.20. The Morgan fingerprint density at radius 1 is 0.926 bits per heavy atom. The maximum atomic E-state index is 13.2. The molecule has 6 heteroatoms. The molecule has 2 aromatic rings. The fourth-order valence-corrected chi connectivity index (χ4v) is 2.77. The second kappa shape index (κ2) is 11.1. The van der Waals surface area contributed by atoms with Crippen LogP contribution < -0.4 is 20.1 Å². The van der Waals surface area contributed by atoms with E-state index in [1.165, 1.54) is 11.6 Å². The number of hydrogen-bond acceptors (Lipinski definition) is 3. The van der Waals surface area contributed by atoms with Crippen molar-refractivity contribution in [2.45, 2.75) is 19.3 Å². The van der Waals surface area contributed by atoms with E-state index in [4.69, 9.17) is 9.47 Å². The van der Waals surface area contributed by atoms with Gasteiger partial charge in [-0.1, -0.05) is 18.2 Å². The highest BCUT2D eigenvalue weighted by Crippen LogP contribution is 2.27. The second-order valence-electron chi connectivity index (χ2n) is 6.10. The van der Waals surface area contributed by atoms with Crippen molar-refractivity contribution in [2.75, 3.05) is 34.4 Å². The molecular weight excluding hydrogens is 345 g/mol. The van der Waals surface area contributed by atoms with Crippen LogP contribution in [-0.2, 0) is 12.8 Å². The van der Waals surface area contributed by atoms with Crippen LogP contribution in [0.2, 0.25) is 0 Å². The molecule has 5 nitrogen and oxygen atoms in total. The van der Waals surface area contributed by atoms with Gasteiger partial charge in [0.2, 0.25) is 0 Å². The standard InChI is InChI=1S/C21H28FN3O2/c1-23-21(25-13-11-17-6-4-8-18(22)14-17)24-12-5-7-16-9-10-19(26-2)20(15-16)27-3/h4,6,8-10,14-15H,5,7,11-13H2,1-3H3,(H2,23,24,25). The Morgan fingerprint density at radius 3 is 2.37 bits per heavy atom. The van der Waals surface area contributed by atoms with Crippen LogP contribution in [0.3, 0.4) is 0 Å². The maximum absolute atomic E-state index is 13.2. The number of halogens is 1. The first-order valence-electron chi connectivity index (χ1n) is 9.06. The van der Waals surface area contributed by atoms with Crippen LogP contribution in [0.15, 0.2) is 47.5 Å². The molecule has 0 amide bonds. The van der Waals surface area contributed by atoms with Gasteiger partial charge in [-0.3, -0.25) is 4.99 Å². The van der Waals surface area contributed by atoms with Crippen molar-refractivity contribution in [1.29, 1.82) is 0 Å². The first-order chi connectivity index (χ1) is 13.2. The zero-order chi connectivity index (χ0) is 19.5. The third kappa shape index (κ3) is 6.81. The van der Waals surface area contributed by atoms with Crippen molar-refractivity contribution in [1.82, 2.24) is 10.6 Å². The molecule has 0 saturated heterocycles. The summed E-state index contributed by atoms with van der Waals surface area (Å²) in [6, 6.07) is 12.6. The normalized spacial score (nSPS) is 11.2. The number of nitrogens with zero attached hydrogens (tertiary/aromatic N) is 1. The minimum Gasteiger partial charge on any atom is -0.493 e. The highest BCUT2D eigenvalue weighted by Gasteiger charge is 2.05. The lowest BCUT2D eigenvalue weighted by Gasteiger charge is -2.12. The van der Waals surface area contributed by atoms with Crippen molar-refractivity contribution in [3.8, 4) is 11.5 Å². The highest BCUT2D eigenvalue weighted by atomic mass is 19.1. The van der Waals surface area contributed by atoms with E-state index >= 15 is 0 Å². The van der Waals surface area contributed by atoms with E-state index < -0.39 is 0 Å². The van der Waals surface area contributed by atoms with Crippen LogP contribution in [0, 0.1) is 5.82 Å². The summed E-state index contributed by atoms with van der Waals surface area (Å²) in [4.78, 5) is 4.22. The van der Waals surface area contributed by atoms with Gasteiger partial charge in [-0.2, -0.15) is 0 Å². The number of ether oxygens (including phenoxy) is 2. The van der Waals surface area contributed by atoms with Gasteiger partial charge in [-0.15, -0.1) is 0 Å². The Bertz CT molecular complexity index is 750. The zero-order valence-corrected chi connectivity index (χ0v) is 16.2. The summed E-state index contributed by atoms with van der Waals surface area (Å²) >= 11 is 0. The lowest BCUT2D eigenvalue weighted by Crippen LogP contribution is -2.38. The van der Waals surface area contributed by atoms with Gasteiger partial charge in [0.1, 0.15) is 5.82 Å². The zero-order valence-electron chi connectivity index (χ0n) is 16.2. The highest BCUT2D eigenvalue weighted by molar-refractivity contribution is 5.79. The number of hydrogen-bond donors (Lipinski definition) is 2. The van der Waals surface area contributed by atoms with Crippen LogP contribution in [0.5, 0.6) is 11.5 Å². The molecule has 146 valence electrons. The number of methoxy groups -OCH3 is 2. The lowest BCUT2D eigenvalue weighted by atomic mass is 10.1. The molecule has 0 aromatic heterocycles. The molecule has 0 unspecified atom stereocenters. The molecule has 0 aliphatic heterocycles. The van der Waals surface area contributed by atoms with Gasteiger partial charge in [0.25, 0.3) is 0 Å². The second-order valence-corrected chi connectivity index (χ2v) is 6.10. The quantitative estimate of drug-likeness (QED) is 0.403. The minimum atomic E-state index is -0.204. The Labute approximate surface area is 160 Å². The Kier molecular flexibility index (Phi) is 8.42. The summed E-state index contributed by atoms with van der Waals surface area (Å²) < 4.78 is 23.8. The third-order valence-electron chi connectivity index (χ3n) is 4.20. The number of guanidine groups is 1. The van der Waals surface area contributed by atoms with Crippen molar-refractivity contribution >= 4 is 5.96 Å². The van der Waals surface area contributed by atoms with E-state index in [0.29, 0.717) is 6.54 Å². The van der Waals surface area contributed by atoms with Gasteiger partial charge in [0.15, 0.2) is 17.5 Å². The molecule has 0 saturated carbocycles. The number of nitrogens with one attached hydrogen (secondary N) is 2. The van der Waals surface area contributed by atoms with Crippen LogP contribution in [0.1, 0.15) is 17.5 Å². The van der Waals surface area contributed by atoms with E-state index in [1.807, 2.05) is 24.3 Å². The van der Waals surface area contributed by atoms with E-state index in [1.54, 1.807) is 33.4 Å². The average molecular weight is 373 g/mol. The van der Waals surface area contributed by atoms with Crippen LogP contribution in [-0.4, -0.2) is 40.3 Å². The topological polar surface area (TPSA) is 54.9 Å². The molecule has 2 rings (SSSR count). The average Bonchev–Trinajstić information content (AvgIpc) is 2.69. The minimum absolute atomic E-state index is 0.204. The molecule has 27 heavy (non-hydrogen) atoms. The lowest BCUT2D eigenvalue weighted by molar-refractivity contribution is 0.354. The predicted molar refractivity (Wildman–Crippen MR) is 107 cm³/mol. The summed E-state index contributed by atoms with van der Waals surface area (Å²) in [5.74, 6) is 2.03. The first kappa shape index (κ1) is 20.6.